The van der Waals surface area contributed by atoms with Gasteiger partial charge < -0.3 is 4.90 Å². The molecule has 0 N–H and O–H groups in total. The molecular weight excluding hydrogens is 216 g/mol. The molecule has 0 aliphatic rings. The molecule has 0 aliphatic carbocycles. The predicted molar refractivity (Wildman–Crippen MR) is 69.0 cm³/mol. The number of rotatable bonds is 3. The third kappa shape index (κ3) is 2.42. The molecule has 3 heteroatoms. The molecule has 2 rings (SSSR count). The molecule has 1 radical (unpaired) electrons. The first-order valence-electron chi connectivity index (χ1n) is 5.25. The first kappa shape index (κ1) is 11.1. The second kappa shape index (κ2) is 4.66. The minimum atomic E-state index is 0.836. The van der Waals surface area contributed by atoms with Crippen molar-refractivity contribution in [2.75, 3.05) is 11.9 Å². The highest BCUT2D eigenvalue weighted by Gasteiger charge is 2.04. The molecule has 1 aromatic heterocycles. The van der Waals surface area contributed by atoms with Gasteiger partial charge in [-0.15, -0.1) is 11.3 Å². The van der Waals surface area contributed by atoms with E-state index in [9.17, 15) is 0 Å². The van der Waals surface area contributed by atoms with Crippen LogP contribution in [0.4, 0.5) is 5.69 Å². The summed E-state index contributed by atoms with van der Waals surface area (Å²) in [6.07, 6.45) is 0. The van der Waals surface area contributed by atoms with Crippen molar-refractivity contribution in [2.45, 2.75) is 20.4 Å². The summed E-state index contributed by atoms with van der Waals surface area (Å²) in [5.41, 5.74) is 7.84. The molecule has 0 saturated carbocycles. The Morgan fingerprint density at radius 2 is 2.12 bits per heavy atom. The summed E-state index contributed by atoms with van der Waals surface area (Å²) in [6.45, 7) is 5.11. The highest BCUT2D eigenvalue weighted by atomic mass is 32.1. The van der Waals surface area contributed by atoms with Crippen molar-refractivity contribution in [3.05, 3.63) is 45.9 Å². The van der Waals surface area contributed by atoms with Crippen molar-refractivity contribution in [3.8, 4) is 0 Å². The second-order valence-electron chi connectivity index (χ2n) is 4.05. The van der Waals surface area contributed by atoms with Gasteiger partial charge in [0, 0.05) is 18.1 Å². The van der Waals surface area contributed by atoms with E-state index < -0.39 is 0 Å². The van der Waals surface area contributed by atoms with Gasteiger partial charge in [-0.05, 0) is 37.1 Å². The quantitative estimate of drug-likeness (QED) is 0.806. The molecular formula is C13H15N2S. The Bertz CT molecular complexity index is 463. The summed E-state index contributed by atoms with van der Waals surface area (Å²) >= 11 is 1.52. The van der Waals surface area contributed by atoms with Gasteiger partial charge in [-0.3, -0.25) is 0 Å². The van der Waals surface area contributed by atoms with Crippen LogP contribution in [-0.4, -0.2) is 12.0 Å². The predicted octanol–water partition coefficient (Wildman–Crippen LogP) is 3.20. The number of hydrogen-bond donors (Lipinski definition) is 0. The molecule has 2 nitrogen and oxygen atoms in total. The van der Waals surface area contributed by atoms with Gasteiger partial charge in [-0.2, -0.15) is 0 Å². The van der Waals surface area contributed by atoms with Crippen LogP contribution in [0.25, 0.3) is 0 Å². The summed E-state index contributed by atoms with van der Waals surface area (Å²) in [5.74, 6) is 0. The SMILES string of the molecule is Cc1ccc(N(C)Cc2cs[c]n2)cc1C. The highest BCUT2D eigenvalue weighted by molar-refractivity contribution is 7.07. The van der Waals surface area contributed by atoms with Gasteiger partial charge in [0.15, 0.2) is 5.51 Å². The lowest BCUT2D eigenvalue weighted by Crippen LogP contribution is -2.16. The minimum absolute atomic E-state index is 0.836. The average molecular weight is 231 g/mol. The fraction of sp³-hybridized carbons (Fsp3) is 0.308. The highest BCUT2D eigenvalue weighted by Crippen LogP contribution is 2.19. The zero-order chi connectivity index (χ0) is 11.5. The summed E-state index contributed by atoms with van der Waals surface area (Å²) in [4.78, 5) is 6.38. The molecule has 0 saturated heterocycles. The van der Waals surface area contributed by atoms with E-state index in [0.717, 1.165) is 12.2 Å². The maximum atomic E-state index is 4.17. The molecule has 0 unspecified atom stereocenters. The van der Waals surface area contributed by atoms with Crippen LogP contribution in [0, 0.1) is 19.4 Å². The van der Waals surface area contributed by atoms with Crippen molar-refractivity contribution in [1.82, 2.24) is 4.98 Å². The number of aryl methyl sites for hydroxylation is 2. The molecule has 1 heterocycles. The number of aromatic nitrogens is 1. The van der Waals surface area contributed by atoms with E-state index in [4.69, 9.17) is 0 Å². The van der Waals surface area contributed by atoms with E-state index in [0.29, 0.717) is 0 Å². The van der Waals surface area contributed by atoms with Gasteiger partial charge in [-0.1, -0.05) is 6.07 Å². The first-order valence-corrected chi connectivity index (χ1v) is 6.13. The van der Waals surface area contributed by atoms with Crippen LogP contribution in [0.15, 0.2) is 23.6 Å². The van der Waals surface area contributed by atoms with Crippen molar-refractivity contribution in [2.24, 2.45) is 0 Å². The molecule has 0 fully saturated rings. The van der Waals surface area contributed by atoms with E-state index in [1.807, 2.05) is 5.38 Å². The molecule has 1 aromatic carbocycles. The van der Waals surface area contributed by atoms with Crippen LogP contribution in [0.3, 0.4) is 0 Å². The number of hydrogen-bond acceptors (Lipinski definition) is 3. The summed E-state index contributed by atoms with van der Waals surface area (Å²) in [5, 5.41) is 2.04. The normalized spacial score (nSPS) is 10.4. The Morgan fingerprint density at radius 1 is 1.31 bits per heavy atom. The van der Waals surface area contributed by atoms with Crippen molar-refractivity contribution >= 4 is 17.0 Å². The maximum absolute atomic E-state index is 4.17. The molecule has 0 bridgehead atoms. The van der Waals surface area contributed by atoms with E-state index >= 15 is 0 Å². The monoisotopic (exact) mass is 231 g/mol. The zero-order valence-corrected chi connectivity index (χ0v) is 10.6. The summed E-state index contributed by atoms with van der Waals surface area (Å²) in [6, 6.07) is 6.53. The third-order valence-corrected chi connectivity index (χ3v) is 3.35. The number of nitrogens with zero attached hydrogens (tertiary/aromatic N) is 2. The van der Waals surface area contributed by atoms with E-state index in [1.165, 1.54) is 28.2 Å². The van der Waals surface area contributed by atoms with E-state index in [-0.39, 0.29) is 0 Å². The average Bonchev–Trinajstić information content (AvgIpc) is 2.74. The van der Waals surface area contributed by atoms with Gasteiger partial charge in [0.1, 0.15) is 0 Å². The lowest BCUT2D eigenvalue weighted by atomic mass is 10.1. The first-order chi connectivity index (χ1) is 7.66. The zero-order valence-electron chi connectivity index (χ0n) is 9.82. The van der Waals surface area contributed by atoms with Crippen LogP contribution in [-0.2, 0) is 6.54 Å². The van der Waals surface area contributed by atoms with Gasteiger partial charge in [0.25, 0.3) is 0 Å². The molecule has 16 heavy (non-hydrogen) atoms. The Balaban J connectivity index is 2.14. The molecule has 0 spiro atoms. The molecule has 0 atom stereocenters. The molecule has 0 amide bonds. The lowest BCUT2D eigenvalue weighted by Gasteiger charge is -2.19. The lowest BCUT2D eigenvalue weighted by molar-refractivity contribution is 0.893. The third-order valence-electron chi connectivity index (χ3n) is 2.77. The fourth-order valence-corrected chi connectivity index (χ4v) is 2.06. The maximum Gasteiger partial charge on any atom is 0.152 e. The minimum Gasteiger partial charge on any atom is -0.369 e. The van der Waals surface area contributed by atoms with Gasteiger partial charge in [-0.25, -0.2) is 4.98 Å². The fourth-order valence-electron chi connectivity index (χ4n) is 1.58. The van der Waals surface area contributed by atoms with Crippen LogP contribution < -0.4 is 4.90 Å². The van der Waals surface area contributed by atoms with Crippen molar-refractivity contribution < 1.29 is 0 Å². The van der Waals surface area contributed by atoms with Gasteiger partial charge in [0.2, 0.25) is 0 Å². The Hall–Kier alpha value is -1.35. The van der Waals surface area contributed by atoms with Crippen LogP contribution in [0.2, 0.25) is 0 Å². The Kier molecular flexibility index (Phi) is 3.25. The van der Waals surface area contributed by atoms with Crippen LogP contribution in [0.5, 0.6) is 0 Å². The number of anilines is 1. The largest absolute Gasteiger partial charge is 0.369 e. The second-order valence-corrected chi connectivity index (χ2v) is 4.71. The molecule has 0 aliphatic heterocycles. The topological polar surface area (TPSA) is 16.1 Å². The standard InChI is InChI=1S/C13H15N2S/c1-10-4-5-13(6-11(10)2)15(3)7-12-8-16-9-14-12/h4-6,8H,7H2,1-3H3. The molecule has 2 aromatic rings. The molecule has 83 valence electrons. The smallest absolute Gasteiger partial charge is 0.152 e. The Morgan fingerprint density at radius 3 is 2.75 bits per heavy atom. The van der Waals surface area contributed by atoms with Gasteiger partial charge >= 0.3 is 0 Å². The van der Waals surface area contributed by atoms with E-state index in [1.54, 1.807) is 0 Å². The van der Waals surface area contributed by atoms with Gasteiger partial charge in [0.05, 0.1) is 12.2 Å². The van der Waals surface area contributed by atoms with Crippen LogP contribution in [0.1, 0.15) is 16.8 Å². The van der Waals surface area contributed by atoms with E-state index in [2.05, 4.69) is 54.5 Å². The summed E-state index contributed by atoms with van der Waals surface area (Å²) < 4.78 is 0. The summed E-state index contributed by atoms with van der Waals surface area (Å²) in [7, 11) is 2.09. The Labute approximate surface area is 101 Å². The van der Waals surface area contributed by atoms with Crippen molar-refractivity contribution in [3.63, 3.8) is 0 Å². The number of thiazole rings is 1. The van der Waals surface area contributed by atoms with Crippen molar-refractivity contribution in [1.29, 1.82) is 0 Å². The number of benzene rings is 1. The van der Waals surface area contributed by atoms with Crippen LogP contribution >= 0.6 is 11.3 Å².